The fourth-order valence-electron chi connectivity index (χ4n) is 2.00. The second-order valence-corrected chi connectivity index (χ2v) is 5.92. The molecule has 1 unspecified atom stereocenters. The molecule has 2 aromatic carbocycles. The van der Waals surface area contributed by atoms with Crippen LogP contribution in [0.2, 0.25) is 0 Å². The molecule has 0 saturated carbocycles. The fraction of sp³-hybridized carbons (Fsp3) is 0.235. The van der Waals surface area contributed by atoms with Crippen molar-refractivity contribution in [2.45, 2.75) is 26.8 Å². The van der Waals surface area contributed by atoms with E-state index in [0.29, 0.717) is 5.56 Å². The van der Waals surface area contributed by atoms with Crippen LogP contribution in [0, 0.1) is 13.8 Å². The van der Waals surface area contributed by atoms with E-state index < -0.39 is 0 Å². The second-order valence-electron chi connectivity index (χ2n) is 5.07. The summed E-state index contributed by atoms with van der Waals surface area (Å²) < 4.78 is 1.01. The molecule has 3 heteroatoms. The first-order chi connectivity index (χ1) is 9.47. The molecule has 0 aliphatic rings. The maximum absolute atomic E-state index is 12.2. The lowest BCUT2D eigenvalue weighted by molar-refractivity contribution is 0.0940. The Hall–Kier alpha value is -1.61. The molecule has 0 heterocycles. The minimum Gasteiger partial charge on any atom is -0.346 e. The molecular weight excluding hydrogens is 314 g/mol. The first kappa shape index (κ1) is 14.8. The summed E-state index contributed by atoms with van der Waals surface area (Å²) in [5.74, 6) is -0.0475. The Labute approximate surface area is 128 Å². The SMILES string of the molecule is Cc1ccc(C(C)NC(=O)c2ccc(Br)c(C)c2)cc1. The van der Waals surface area contributed by atoms with Crippen molar-refractivity contribution in [2.24, 2.45) is 0 Å². The third-order valence-corrected chi connectivity index (χ3v) is 4.23. The van der Waals surface area contributed by atoms with E-state index in [1.807, 2.05) is 44.2 Å². The highest BCUT2D eigenvalue weighted by molar-refractivity contribution is 9.10. The third kappa shape index (κ3) is 3.48. The average Bonchev–Trinajstić information content (AvgIpc) is 2.42. The van der Waals surface area contributed by atoms with Gasteiger partial charge in [0.15, 0.2) is 0 Å². The zero-order valence-electron chi connectivity index (χ0n) is 11.9. The van der Waals surface area contributed by atoms with Gasteiger partial charge >= 0.3 is 0 Å². The molecule has 0 bridgehead atoms. The van der Waals surface area contributed by atoms with Crippen LogP contribution in [-0.2, 0) is 0 Å². The number of carbonyl (C=O) groups is 1. The molecule has 2 nitrogen and oxygen atoms in total. The Morgan fingerprint density at radius 3 is 2.35 bits per heavy atom. The van der Waals surface area contributed by atoms with E-state index in [1.54, 1.807) is 0 Å². The highest BCUT2D eigenvalue weighted by Gasteiger charge is 2.12. The Morgan fingerprint density at radius 2 is 1.75 bits per heavy atom. The molecule has 20 heavy (non-hydrogen) atoms. The molecule has 0 aliphatic carbocycles. The number of aryl methyl sites for hydroxylation is 2. The number of carbonyl (C=O) groups excluding carboxylic acids is 1. The summed E-state index contributed by atoms with van der Waals surface area (Å²) >= 11 is 3.44. The zero-order valence-corrected chi connectivity index (χ0v) is 13.5. The van der Waals surface area contributed by atoms with Crippen LogP contribution in [0.1, 0.15) is 40.0 Å². The van der Waals surface area contributed by atoms with E-state index >= 15 is 0 Å². The predicted molar refractivity (Wildman–Crippen MR) is 85.9 cm³/mol. The molecule has 0 aliphatic heterocycles. The minimum absolute atomic E-state index is 0.00736. The highest BCUT2D eigenvalue weighted by atomic mass is 79.9. The molecule has 0 aromatic heterocycles. The normalized spacial score (nSPS) is 12.0. The van der Waals surface area contributed by atoms with Gasteiger partial charge in [0, 0.05) is 10.0 Å². The molecule has 0 fully saturated rings. The molecule has 1 N–H and O–H groups in total. The van der Waals surface area contributed by atoms with E-state index in [2.05, 4.69) is 40.3 Å². The lowest BCUT2D eigenvalue weighted by Crippen LogP contribution is -2.26. The van der Waals surface area contributed by atoms with Gasteiger partial charge in [-0.3, -0.25) is 4.79 Å². The van der Waals surface area contributed by atoms with Gasteiger partial charge in [0.05, 0.1) is 6.04 Å². The molecule has 2 aromatic rings. The fourth-order valence-corrected chi connectivity index (χ4v) is 2.25. The standard InChI is InChI=1S/C17H18BrNO/c1-11-4-6-14(7-5-11)13(3)19-17(20)15-8-9-16(18)12(2)10-15/h4-10,13H,1-3H3,(H,19,20). The van der Waals surface area contributed by atoms with Crippen LogP contribution in [0.25, 0.3) is 0 Å². The molecule has 0 saturated heterocycles. The summed E-state index contributed by atoms with van der Waals surface area (Å²) in [6, 6.07) is 13.8. The average molecular weight is 332 g/mol. The molecule has 0 radical (unpaired) electrons. The quantitative estimate of drug-likeness (QED) is 0.877. The van der Waals surface area contributed by atoms with Crippen LogP contribution < -0.4 is 5.32 Å². The molecule has 1 atom stereocenters. The van der Waals surface area contributed by atoms with E-state index in [4.69, 9.17) is 0 Å². The summed E-state index contributed by atoms with van der Waals surface area (Å²) in [6.45, 7) is 6.02. The molecule has 2 rings (SSSR count). The van der Waals surface area contributed by atoms with Crippen molar-refractivity contribution < 1.29 is 4.79 Å². The van der Waals surface area contributed by atoms with Crippen molar-refractivity contribution >= 4 is 21.8 Å². The lowest BCUT2D eigenvalue weighted by atomic mass is 10.1. The second kappa shape index (κ2) is 6.23. The summed E-state index contributed by atoms with van der Waals surface area (Å²) in [4.78, 5) is 12.2. The Morgan fingerprint density at radius 1 is 1.10 bits per heavy atom. The largest absolute Gasteiger partial charge is 0.346 e. The van der Waals surface area contributed by atoms with Crippen molar-refractivity contribution in [2.75, 3.05) is 0 Å². The first-order valence-electron chi connectivity index (χ1n) is 6.61. The smallest absolute Gasteiger partial charge is 0.251 e. The predicted octanol–water partition coefficient (Wildman–Crippen LogP) is 4.56. The van der Waals surface area contributed by atoms with Gasteiger partial charge in [-0.2, -0.15) is 0 Å². The Kier molecular flexibility index (Phi) is 4.61. The van der Waals surface area contributed by atoms with Crippen molar-refractivity contribution in [3.63, 3.8) is 0 Å². The minimum atomic E-state index is -0.0475. The number of hydrogen-bond acceptors (Lipinski definition) is 1. The monoisotopic (exact) mass is 331 g/mol. The number of rotatable bonds is 3. The van der Waals surface area contributed by atoms with Crippen LogP contribution >= 0.6 is 15.9 Å². The topological polar surface area (TPSA) is 29.1 Å². The summed E-state index contributed by atoms with van der Waals surface area (Å²) in [6.07, 6.45) is 0. The molecule has 0 spiro atoms. The van der Waals surface area contributed by atoms with Crippen molar-refractivity contribution in [1.82, 2.24) is 5.32 Å². The van der Waals surface area contributed by atoms with Gasteiger partial charge in [0.1, 0.15) is 0 Å². The van der Waals surface area contributed by atoms with Gasteiger partial charge in [0.25, 0.3) is 5.91 Å². The number of benzene rings is 2. The van der Waals surface area contributed by atoms with Crippen LogP contribution in [0.3, 0.4) is 0 Å². The Bertz CT molecular complexity index is 619. The number of nitrogens with one attached hydrogen (secondary N) is 1. The molecule has 1 amide bonds. The molecular formula is C17H18BrNO. The summed E-state index contributed by atoms with van der Waals surface area (Å²) in [5, 5.41) is 3.02. The lowest BCUT2D eigenvalue weighted by Gasteiger charge is -2.15. The van der Waals surface area contributed by atoms with Crippen molar-refractivity contribution in [3.05, 3.63) is 69.2 Å². The van der Waals surface area contributed by atoms with E-state index in [9.17, 15) is 4.79 Å². The number of halogens is 1. The summed E-state index contributed by atoms with van der Waals surface area (Å²) in [7, 11) is 0. The van der Waals surface area contributed by atoms with Crippen molar-refractivity contribution in [1.29, 1.82) is 0 Å². The first-order valence-corrected chi connectivity index (χ1v) is 7.40. The van der Waals surface area contributed by atoms with Crippen LogP contribution in [0.5, 0.6) is 0 Å². The third-order valence-electron chi connectivity index (χ3n) is 3.35. The zero-order chi connectivity index (χ0) is 14.7. The van der Waals surface area contributed by atoms with E-state index in [-0.39, 0.29) is 11.9 Å². The maximum Gasteiger partial charge on any atom is 0.251 e. The van der Waals surface area contributed by atoms with Gasteiger partial charge in [0.2, 0.25) is 0 Å². The van der Waals surface area contributed by atoms with Gasteiger partial charge in [-0.1, -0.05) is 45.8 Å². The Balaban J connectivity index is 2.10. The number of amides is 1. The van der Waals surface area contributed by atoms with Gasteiger partial charge < -0.3 is 5.32 Å². The maximum atomic E-state index is 12.2. The van der Waals surface area contributed by atoms with Crippen molar-refractivity contribution in [3.8, 4) is 0 Å². The van der Waals surface area contributed by atoms with Gasteiger partial charge in [-0.05, 0) is 50.1 Å². The van der Waals surface area contributed by atoms with E-state index in [1.165, 1.54) is 5.56 Å². The van der Waals surface area contributed by atoms with Crippen LogP contribution in [0.4, 0.5) is 0 Å². The van der Waals surface area contributed by atoms with E-state index in [0.717, 1.165) is 15.6 Å². The highest BCUT2D eigenvalue weighted by Crippen LogP contribution is 2.18. The summed E-state index contributed by atoms with van der Waals surface area (Å²) in [5.41, 5.74) is 4.07. The van der Waals surface area contributed by atoms with Crippen LogP contribution in [0.15, 0.2) is 46.9 Å². The molecule has 104 valence electrons. The van der Waals surface area contributed by atoms with Gasteiger partial charge in [-0.25, -0.2) is 0 Å². The number of hydrogen-bond donors (Lipinski definition) is 1. The van der Waals surface area contributed by atoms with Gasteiger partial charge in [-0.15, -0.1) is 0 Å². The van der Waals surface area contributed by atoms with Crippen LogP contribution in [-0.4, -0.2) is 5.91 Å².